The lowest BCUT2D eigenvalue weighted by molar-refractivity contribution is -0.0748. The second kappa shape index (κ2) is 8.79. The topological polar surface area (TPSA) is 77.8 Å². The van der Waals surface area contributed by atoms with E-state index in [-0.39, 0.29) is 24.2 Å². The Morgan fingerprint density at radius 1 is 1.00 bits per heavy atom. The van der Waals surface area contributed by atoms with Gasteiger partial charge in [0.05, 0.1) is 12.2 Å². The van der Waals surface area contributed by atoms with Crippen LogP contribution in [0.1, 0.15) is 46.8 Å². The maximum atomic E-state index is 11.4. The minimum atomic E-state index is -0.832. The Labute approximate surface area is 160 Å². The number of hydrogen-bond acceptors (Lipinski definition) is 4. The van der Waals surface area contributed by atoms with E-state index >= 15 is 0 Å². The van der Waals surface area contributed by atoms with E-state index in [2.05, 4.69) is 12.1 Å². The highest BCUT2D eigenvalue weighted by Crippen LogP contribution is 2.32. The fourth-order valence-corrected chi connectivity index (χ4v) is 4.13. The molecule has 0 radical (unpaired) electrons. The van der Waals surface area contributed by atoms with Gasteiger partial charge in [-0.3, -0.25) is 4.79 Å². The molecule has 0 aliphatic heterocycles. The van der Waals surface area contributed by atoms with Crippen molar-refractivity contribution in [2.24, 2.45) is 11.8 Å². The first kappa shape index (κ1) is 19.7. The smallest absolute Gasteiger partial charge is 0.159 e. The molecule has 3 rings (SSSR count). The third-order valence-electron chi connectivity index (χ3n) is 5.70. The van der Waals surface area contributed by atoms with Gasteiger partial charge >= 0.3 is 0 Å². The monoisotopic (exact) mass is 368 g/mol. The number of Topliss-reactive ketones (excluding diaryl/α,β-unsaturated/α-hetero) is 1. The van der Waals surface area contributed by atoms with Crippen LogP contribution in [0.5, 0.6) is 0 Å². The van der Waals surface area contributed by atoms with E-state index in [1.54, 1.807) is 6.92 Å². The summed E-state index contributed by atoms with van der Waals surface area (Å²) in [4.78, 5) is 11.4. The largest absolute Gasteiger partial charge is 0.396 e. The summed E-state index contributed by atoms with van der Waals surface area (Å²) in [7, 11) is 0. The van der Waals surface area contributed by atoms with Gasteiger partial charge in [0, 0.05) is 18.1 Å². The third-order valence-corrected chi connectivity index (χ3v) is 5.70. The van der Waals surface area contributed by atoms with Crippen LogP contribution in [0.25, 0.3) is 0 Å². The van der Waals surface area contributed by atoms with E-state index in [9.17, 15) is 20.1 Å². The first-order valence-corrected chi connectivity index (χ1v) is 9.61. The van der Waals surface area contributed by atoms with Gasteiger partial charge in [0.25, 0.3) is 0 Å². The van der Waals surface area contributed by atoms with Crippen LogP contribution in [0, 0.1) is 11.8 Å². The summed E-state index contributed by atoms with van der Waals surface area (Å²) in [6, 6.07) is 16.0. The molecule has 4 nitrogen and oxygen atoms in total. The van der Waals surface area contributed by atoms with E-state index in [1.165, 1.54) is 11.1 Å². The van der Waals surface area contributed by atoms with Crippen molar-refractivity contribution in [1.82, 2.24) is 0 Å². The summed E-state index contributed by atoms with van der Waals surface area (Å²) in [5, 5.41) is 29.6. The Morgan fingerprint density at radius 3 is 2.30 bits per heavy atom. The number of hydrogen-bond donors (Lipinski definition) is 3. The minimum absolute atomic E-state index is 0.0680. The van der Waals surface area contributed by atoms with Crippen LogP contribution in [0.15, 0.2) is 48.5 Å². The van der Waals surface area contributed by atoms with Crippen molar-refractivity contribution in [1.29, 1.82) is 0 Å². The maximum Gasteiger partial charge on any atom is 0.159 e. The van der Waals surface area contributed by atoms with Gasteiger partial charge in [0.15, 0.2) is 5.78 Å². The predicted molar refractivity (Wildman–Crippen MR) is 105 cm³/mol. The Kier molecular flexibility index (Phi) is 6.42. The molecule has 0 aromatic heterocycles. The van der Waals surface area contributed by atoms with E-state index in [0.717, 1.165) is 30.4 Å². The van der Waals surface area contributed by atoms with Crippen molar-refractivity contribution < 1.29 is 20.1 Å². The van der Waals surface area contributed by atoms with Crippen LogP contribution in [0.2, 0.25) is 0 Å². The molecule has 1 saturated carbocycles. The second-order valence-electron chi connectivity index (χ2n) is 7.74. The molecule has 2 aromatic carbocycles. The van der Waals surface area contributed by atoms with Crippen LogP contribution in [-0.2, 0) is 12.8 Å². The third kappa shape index (κ3) is 4.83. The standard InChI is InChI=1S/C23H28O4/c1-15(25)18-8-6-16(7-9-18)10-19-4-2-3-5-20(19)11-17-12-21(14-24)23(27)22(26)13-17/h2-9,17,21-24,26-27H,10-14H2,1H3/t17-,21-,22-,23-/m1/s1. The molecule has 3 N–H and O–H groups in total. The maximum absolute atomic E-state index is 11.4. The molecule has 1 fully saturated rings. The number of aliphatic hydroxyl groups excluding tert-OH is 3. The van der Waals surface area contributed by atoms with Gasteiger partial charge < -0.3 is 15.3 Å². The number of carbonyl (C=O) groups excluding carboxylic acids is 1. The highest BCUT2D eigenvalue weighted by molar-refractivity contribution is 5.94. The van der Waals surface area contributed by atoms with E-state index in [1.807, 2.05) is 36.4 Å². The number of ketones is 1. The molecule has 144 valence electrons. The first-order chi connectivity index (χ1) is 13.0. The summed E-state index contributed by atoms with van der Waals surface area (Å²) in [5.41, 5.74) is 4.34. The van der Waals surface area contributed by atoms with Crippen LogP contribution in [0.4, 0.5) is 0 Å². The van der Waals surface area contributed by atoms with Gasteiger partial charge in [-0.2, -0.15) is 0 Å². The lowest BCUT2D eigenvalue weighted by atomic mass is 9.75. The zero-order chi connectivity index (χ0) is 19.4. The number of carbonyl (C=O) groups is 1. The molecule has 1 aliphatic carbocycles. The molecular weight excluding hydrogens is 340 g/mol. The van der Waals surface area contributed by atoms with E-state index in [0.29, 0.717) is 6.42 Å². The lowest BCUT2D eigenvalue weighted by Gasteiger charge is -2.36. The van der Waals surface area contributed by atoms with Crippen molar-refractivity contribution in [3.05, 3.63) is 70.8 Å². The van der Waals surface area contributed by atoms with E-state index in [4.69, 9.17) is 0 Å². The van der Waals surface area contributed by atoms with Crippen molar-refractivity contribution in [3.8, 4) is 0 Å². The Morgan fingerprint density at radius 2 is 1.67 bits per heavy atom. The number of aliphatic hydroxyl groups is 3. The zero-order valence-electron chi connectivity index (χ0n) is 15.7. The van der Waals surface area contributed by atoms with Gasteiger partial charge in [-0.15, -0.1) is 0 Å². The number of rotatable bonds is 6. The Hall–Kier alpha value is -2.01. The normalized spacial score (nSPS) is 25.3. The molecule has 0 heterocycles. The van der Waals surface area contributed by atoms with Gasteiger partial charge in [-0.1, -0.05) is 48.5 Å². The van der Waals surface area contributed by atoms with Crippen LogP contribution in [0.3, 0.4) is 0 Å². The molecule has 4 atom stereocenters. The second-order valence-corrected chi connectivity index (χ2v) is 7.74. The van der Waals surface area contributed by atoms with Crippen molar-refractivity contribution in [2.45, 2.75) is 44.8 Å². The fraction of sp³-hybridized carbons (Fsp3) is 0.435. The average Bonchev–Trinajstić information content (AvgIpc) is 2.66. The summed E-state index contributed by atoms with van der Waals surface area (Å²) in [6.07, 6.45) is 1.28. The molecule has 0 bridgehead atoms. The van der Waals surface area contributed by atoms with Crippen LogP contribution >= 0.6 is 0 Å². The van der Waals surface area contributed by atoms with Crippen molar-refractivity contribution >= 4 is 5.78 Å². The average molecular weight is 368 g/mol. The quantitative estimate of drug-likeness (QED) is 0.685. The molecule has 27 heavy (non-hydrogen) atoms. The predicted octanol–water partition coefficient (Wildman–Crippen LogP) is 2.76. The van der Waals surface area contributed by atoms with Gasteiger partial charge in [0.1, 0.15) is 0 Å². The highest BCUT2D eigenvalue weighted by Gasteiger charge is 2.35. The van der Waals surface area contributed by atoms with Crippen molar-refractivity contribution in [3.63, 3.8) is 0 Å². The first-order valence-electron chi connectivity index (χ1n) is 9.61. The summed E-state index contributed by atoms with van der Waals surface area (Å²) >= 11 is 0. The molecule has 0 spiro atoms. The fourth-order valence-electron chi connectivity index (χ4n) is 4.13. The SMILES string of the molecule is CC(=O)c1ccc(Cc2ccccc2C[C@@H]2C[C@H](CO)[C@@H](O)[C@H](O)C2)cc1. The molecule has 1 aliphatic rings. The van der Waals surface area contributed by atoms with Gasteiger partial charge in [-0.05, 0) is 55.2 Å². The van der Waals surface area contributed by atoms with Crippen LogP contribution < -0.4 is 0 Å². The molecule has 0 saturated heterocycles. The molecule has 2 aromatic rings. The molecule has 0 unspecified atom stereocenters. The van der Waals surface area contributed by atoms with Gasteiger partial charge in [0.2, 0.25) is 0 Å². The number of benzene rings is 2. The molecular formula is C23H28O4. The van der Waals surface area contributed by atoms with Crippen LogP contribution in [-0.4, -0.2) is 39.9 Å². The Balaban J connectivity index is 1.73. The minimum Gasteiger partial charge on any atom is -0.396 e. The van der Waals surface area contributed by atoms with Gasteiger partial charge in [-0.25, -0.2) is 0 Å². The lowest BCUT2D eigenvalue weighted by Crippen LogP contribution is -2.43. The van der Waals surface area contributed by atoms with Crippen molar-refractivity contribution in [2.75, 3.05) is 6.61 Å². The van der Waals surface area contributed by atoms with E-state index < -0.39 is 12.2 Å². The summed E-state index contributed by atoms with van der Waals surface area (Å²) in [6.45, 7) is 1.47. The Bertz CT molecular complexity index is 768. The molecule has 0 amide bonds. The molecule has 4 heteroatoms. The summed E-state index contributed by atoms with van der Waals surface area (Å²) in [5.74, 6) is 0.0465. The highest BCUT2D eigenvalue weighted by atomic mass is 16.3. The summed E-state index contributed by atoms with van der Waals surface area (Å²) < 4.78 is 0. The zero-order valence-corrected chi connectivity index (χ0v) is 15.7.